The van der Waals surface area contributed by atoms with E-state index in [1.165, 1.54) is 7.11 Å². The van der Waals surface area contributed by atoms with Crippen LogP contribution in [0.5, 0.6) is 0 Å². The molecule has 0 spiro atoms. The van der Waals surface area contributed by atoms with E-state index in [4.69, 9.17) is 4.74 Å². The molecule has 1 aromatic carbocycles. The number of aromatic nitrogens is 1. The normalized spacial score (nSPS) is 15.4. The number of hydrogen-bond donors (Lipinski definition) is 1. The van der Waals surface area contributed by atoms with Crippen LogP contribution >= 0.6 is 0 Å². The lowest BCUT2D eigenvalue weighted by Crippen LogP contribution is -2.41. The van der Waals surface area contributed by atoms with E-state index in [9.17, 15) is 9.59 Å². The van der Waals surface area contributed by atoms with Crippen molar-refractivity contribution in [2.75, 3.05) is 25.5 Å². The smallest absolute Gasteiger partial charge is 0.409 e. The van der Waals surface area contributed by atoms with Crippen LogP contribution in [0.25, 0.3) is 10.9 Å². The predicted molar refractivity (Wildman–Crippen MR) is 87.1 cm³/mol. The highest BCUT2D eigenvalue weighted by Gasteiger charge is 2.27. The first-order chi connectivity index (χ1) is 11.2. The number of methoxy groups -OCH3 is 1. The third-order valence-corrected chi connectivity index (χ3v) is 4.19. The molecule has 6 heteroatoms. The molecule has 0 atom stereocenters. The highest BCUT2D eigenvalue weighted by Crippen LogP contribution is 2.24. The molecule has 3 rings (SSSR count). The predicted octanol–water partition coefficient (Wildman–Crippen LogP) is 2.65. The molecule has 0 unspecified atom stereocenters. The Labute approximate surface area is 134 Å². The van der Waals surface area contributed by atoms with Gasteiger partial charge in [0, 0.05) is 30.6 Å². The Hall–Kier alpha value is -2.63. The number of piperidine rings is 1. The van der Waals surface area contributed by atoms with Crippen molar-refractivity contribution in [1.29, 1.82) is 0 Å². The molecule has 120 valence electrons. The van der Waals surface area contributed by atoms with Crippen LogP contribution in [0.15, 0.2) is 36.5 Å². The second kappa shape index (κ2) is 6.64. The van der Waals surface area contributed by atoms with Crippen molar-refractivity contribution in [2.45, 2.75) is 12.8 Å². The summed E-state index contributed by atoms with van der Waals surface area (Å²) in [5.74, 6) is -0.123. The summed E-state index contributed by atoms with van der Waals surface area (Å²) in [6.45, 7) is 1.08. The Morgan fingerprint density at radius 3 is 2.70 bits per heavy atom. The minimum absolute atomic E-state index is 0.0207. The second-order valence-corrected chi connectivity index (χ2v) is 5.60. The second-order valence-electron chi connectivity index (χ2n) is 5.60. The maximum atomic E-state index is 12.5. The SMILES string of the molecule is COC(=O)N1CCC(C(=O)Nc2cccc3cccnc23)CC1. The van der Waals surface area contributed by atoms with Gasteiger partial charge in [-0.1, -0.05) is 18.2 Å². The van der Waals surface area contributed by atoms with Crippen molar-refractivity contribution in [3.8, 4) is 0 Å². The van der Waals surface area contributed by atoms with E-state index in [-0.39, 0.29) is 17.9 Å². The van der Waals surface area contributed by atoms with Gasteiger partial charge in [-0.3, -0.25) is 9.78 Å². The molecule has 0 aliphatic carbocycles. The molecule has 1 aliphatic heterocycles. The number of carbonyl (C=O) groups excluding carboxylic acids is 2. The average molecular weight is 313 g/mol. The summed E-state index contributed by atoms with van der Waals surface area (Å²) >= 11 is 0. The molecule has 2 heterocycles. The molecule has 2 aromatic rings. The lowest BCUT2D eigenvalue weighted by atomic mass is 9.96. The molecule has 2 amide bonds. The molecule has 1 saturated heterocycles. The fraction of sp³-hybridized carbons (Fsp3) is 0.353. The Balaban J connectivity index is 1.67. The number of benzene rings is 1. The minimum Gasteiger partial charge on any atom is -0.453 e. The van der Waals surface area contributed by atoms with Crippen LogP contribution in [-0.4, -0.2) is 42.1 Å². The summed E-state index contributed by atoms with van der Waals surface area (Å²) < 4.78 is 4.71. The molecule has 0 saturated carbocycles. The zero-order chi connectivity index (χ0) is 16.2. The Bertz CT molecular complexity index is 719. The molecule has 1 aromatic heterocycles. The van der Waals surface area contributed by atoms with Crippen LogP contribution in [-0.2, 0) is 9.53 Å². The van der Waals surface area contributed by atoms with Gasteiger partial charge in [-0.05, 0) is 25.0 Å². The average Bonchev–Trinajstić information content (AvgIpc) is 2.61. The first kappa shape index (κ1) is 15.3. The lowest BCUT2D eigenvalue weighted by Gasteiger charge is -2.30. The van der Waals surface area contributed by atoms with Gasteiger partial charge >= 0.3 is 6.09 Å². The molecule has 23 heavy (non-hydrogen) atoms. The number of ether oxygens (including phenoxy) is 1. The number of hydrogen-bond acceptors (Lipinski definition) is 4. The van der Waals surface area contributed by atoms with E-state index >= 15 is 0 Å². The van der Waals surface area contributed by atoms with E-state index in [0.717, 1.165) is 16.6 Å². The van der Waals surface area contributed by atoms with Gasteiger partial charge in [-0.2, -0.15) is 0 Å². The molecule has 1 aliphatic rings. The number of carbonyl (C=O) groups is 2. The van der Waals surface area contributed by atoms with Gasteiger partial charge in [0.1, 0.15) is 0 Å². The van der Waals surface area contributed by atoms with Crippen molar-refractivity contribution in [3.05, 3.63) is 36.5 Å². The van der Waals surface area contributed by atoms with Crippen molar-refractivity contribution < 1.29 is 14.3 Å². The Morgan fingerprint density at radius 2 is 1.96 bits per heavy atom. The zero-order valence-corrected chi connectivity index (χ0v) is 13.0. The van der Waals surface area contributed by atoms with Gasteiger partial charge in [-0.15, -0.1) is 0 Å². The molecular formula is C17H19N3O3. The summed E-state index contributed by atoms with van der Waals surface area (Å²) in [4.78, 5) is 29.9. The summed E-state index contributed by atoms with van der Waals surface area (Å²) in [6.07, 6.45) is 2.66. The number of rotatable bonds is 2. The molecule has 1 fully saturated rings. The number of anilines is 1. The van der Waals surface area contributed by atoms with Crippen molar-refractivity contribution >= 4 is 28.6 Å². The number of para-hydroxylation sites is 1. The van der Waals surface area contributed by atoms with Gasteiger partial charge in [0.25, 0.3) is 0 Å². The van der Waals surface area contributed by atoms with E-state index in [2.05, 4.69) is 10.3 Å². The Kier molecular flexibility index (Phi) is 4.41. The molecule has 0 radical (unpaired) electrons. The van der Waals surface area contributed by atoms with Crippen LogP contribution in [0.1, 0.15) is 12.8 Å². The maximum Gasteiger partial charge on any atom is 0.409 e. The van der Waals surface area contributed by atoms with Crippen molar-refractivity contribution in [3.63, 3.8) is 0 Å². The summed E-state index contributed by atoms with van der Waals surface area (Å²) in [5.41, 5.74) is 1.51. The minimum atomic E-state index is -0.331. The topological polar surface area (TPSA) is 71.5 Å². The number of pyridine rings is 1. The fourth-order valence-corrected chi connectivity index (χ4v) is 2.89. The van der Waals surface area contributed by atoms with Crippen LogP contribution in [0.4, 0.5) is 10.5 Å². The van der Waals surface area contributed by atoms with Crippen molar-refractivity contribution in [2.24, 2.45) is 5.92 Å². The summed E-state index contributed by atoms with van der Waals surface area (Å²) in [5, 5.41) is 3.97. The van der Waals surface area contributed by atoms with E-state index in [1.807, 2.05) is 30.3 Å². The standard InChI is InChI=1S/C17H19N3O3/c1-23-17(22)20-10-7-13(8-11-20)16(21)19-14-6-2-4-12-5-3-9-18-15(12)14/h2-6,9,13H,7-8,10-11H2,1H3,(H,19,21). The highest BCUT2D eigenvalue weighted by atomic mass is 16.5. The third-order valence-electron chi connectivity index (χ3n) is 4.19. The van der Waals surface area contributed by atoms with Crippen LogP contribution in [0.3, 0.4) is 0 Å². The van der Waals surface area contributed by atoms with E-state index in [0.29, 0.717) is 25.9 Å². The first-order valence-electron chi connectivity index (χ1n) is 7.66. The monoisotopic (exact) mass is 313 g/mol. The number of nitrogens with one attached hydrogen (secondary N) is 1. The molecule has 1 N–H and O–H groups in total. The Morgan fingerprint density at radius 1 is 1.22 bits per heavy atom. The van der Waals surface area contributed by atoms with E-state index < -0.39 is 0 Å². The quantitative estimate of drug-likeness (QED) is 0.925. The molecular weight excluding hydrogens is 294 g/mol. The van der Waals surface area contributed by atoms with Gasteiger partial charge in [0.05, 0.1) is 18.3 Å². The first-order valence-corrected chi connectivity index (χ1v) is 7.66. The molecule has 0 bridgehead atoms. The van der Waals surface area contributed by atoms with Gasteiger partial charge in [0.15, 0.2) is 0 Å². The fourth-order valence-electron chi connectivity index (χ4n) is 2.89. The lowest BCUT2D eigenvalue weighted by molar-refractivity contribution is -0.121. The largest absolute Gasteiger partial charge is 0.453 e. The van der Waals surface area contributed by atoms with Gasteiger partial charge < -0.3 is 15.0 Å². The van der Waals surface area contributed by atoms with Gasteiger partial charge in [0.2, 0.25) is 5.91 Å². The van der Waals surface area contributed by atoms with E-state index in [1.54, 1.807) is 11.1 Å². The number of fused-ring (bicyclic) bond motifs is 1. The third kappa shape index (κ3) is 3.26. The van der Waals surface area contributed by atoms with Crippen LogP contribution < -0.4 is 5.32 Å². The number of likely N-dealkylation sites (tertiary alicyclic amines) is 1. The summed E-state index contributed by atoms with van der Waals surface area (Å²) in [7, 11) is 1.37. The highest BCUT2D eigenvalue weighted by molar-refractivity contribution is 6.01. The molecule has 6 nitrogen and oxygen atoms in total. The number of nitrogens with zero attached hydrogens (tertiary/aromatic N) is 2. The van der Waals surface area contributed by atoms with Crippen LogP contribution in [0.2, 0.25) is 0 Å². The van der Waals surface area contributed by atoms with Crippen molar-refractivity contribution in [1.82, 2.24) is 9.88 Å². The van der Waals surface area contributed by atoms with Crippen LogP contribution in [0, 0.1) is 5.92 Å². The summed E-state index contributed by atoms with van der Waals surface area (Å²) in [6, 6.07) is 9.56. The maximum absolute atomic E-state index is 12.5. The van der Waals surface area contributed by atoms with Gasteiger partial charge in [-0.25, -0.2) is 4.79 Å². The number of amides is 2. The zero-order valence-electron chi connectivity index (χ0n) is 13.0.